The molecule has 6 heteroatoms. The van der Waals surface area contributed by atoms with Crippen molar-refractivity contribution in [3.63, 3.8) is 0 Å². The van der Waals surface area contributed by atoms with Gasteiger partial charge in [0.25, 0.3) is 0 Å². The predicted molar refractivity (Wildman–Crippen MR) is 234 cm³/mol. The molecule has 3 heterocycles. The Kier molecular flexibility index (Phi) is 10.0. The normalized spacial score (nSPS) is 11.9. The number of hydrogen-bond acceptors (Lipinski definition) is 1. The van der Waals surface area contributed by atoms with Gasteiger partial charge in [-0.05, 0) is 69.8 Å². The molecule has 0 aliphatic rings. The van der Waals surface area contributed by atoms with Crippen LogP contribution in [0.2, 0.25) is 13.1 Å². The van der Waals surface area contributed by atoms with Crippen molar-refractivity contribution in [3.8, 4) is 28.3 Å². The number of aromatic nitrogens is 4. The van der Waals surface area contributed by atoms with Gasteiger partial charge in [-0.2, -0.15) is 45.3 Å². The van der Waals surface area contributed by atoms with Gasteiger partial charge in [-0.3, -0.25) is 0 Å². The first-order valence-corrected chi connectivity index (χ1v) is 22.4. The Morgan fingerprint density at radius 1 is 0.589 bits per heavy atom. The van der Waals surface area contributed by atoms with E-state index in [1.807, 2.05) is 6.20 Å². The van der Waals surface area contributed by atoms with Gasteiger partial charge in [-0.15, -0.1) is 17.5 Å². The van der Waals surface area contributed by atoms with E-state index in [1.165, 1.54) is 43.4 Å². The first-order chi connectivity index (χ1) is 26.7. The van der Waals surface area contributed by atoms with E-state index in [0.717, 1.165) is 39.3 Å². The van der Waals surface area contributed by atoms with Gasteiger partial charge in [0, 0.05) is 50.6 Å². The summed E-state index contributed by atoms with van der Waals surface area (Å²) >= 11 is 0. The molecule has 0 aliphatic carbocycles. The number of fused-ring (bicyclic) bond motifs is 4. The van der Waals surface area contributed by atoms with Crippen LogP contribution in [0.4, 0.5) is 0 Å². The van der Waals surface area contributed by atoms with Crippen LogP contribution in [0.3, 0.4) is 0 Å². The average molecular weight is 925 g/mol. The molecule has 9 aromatic rings. The summed E-state index contributed by atoms with van der Waals surface area (Å²) in [4.78, 5) is 5.04. The van der Waals surface area contributed by atoms with E-state index >= 15 is 0 Å². The molecule has 3 aromatic heterocycles. The van der Waals surface area contributed by atoms with Crippen molar-refractivity contribution >= 4 is 51.3 Å². The number of hydrogen-bond donors (Lipinski definition) is 0. The Morgan fingerprint density at radius 3 is 1.93 bits per heavy atom. The molecule has 0 amide bonds. The zero-order valence-corrected chi connectivity index (χ0v) is 36.0. The van der Waals surface area contributed by atoms with Gasteiger partial charge in [-0.1, -0.05) is 113 Å². The van der Waals surface area contributed by atoms with Crippen molar-refractivity contribution in [1.29, 1.82) is 0 Å². The van der Waals surface area contributed by atoms with E-state index in [2.05, 4.69) is 212 Å². The Balaban J connectivity index is 0.00000441. The Morgan fingerprint density at radius 2 is 1.21 bits per heavy atom. The molecule has 9 rings (SSSR count). The Bertz CT molecular complexity index is 2840. The first kappa shape index (κ1) is 37.6. The van der Waals surface area contributed by atoms with Crippen LogP contribution in [-0.4, -0.2) is 26.8 Å². The summed E-state index contributed by atoms with van der Waals surface area (Å²) in [6, 6.07) is 58.1. The number of imidazole rings is 1. The number of nitrogens with zero attached hydrogens (tertiary/aromatic N) is 4. The number of benzene rings is 6. The molecule has 4 nitrogen and oxygen atoms in total. The van der Waals surface area contributed by atoms with E-state index in [9.17, 15) is 0 Å². The molecule has 280 valence electrons. The molecule has 0 spiro atoms. The summed E-state index contributed by atoms with van der Waals surface area (Å²) in [5.74, 6) is 1.71. The molecule has 0 saturated heterocycles. The monoisotopic (exact) mass is 924 g/mol. The third-order valence-corrected chi connectivity index (χ3v) is 14.5. The fraction of sp³-hybridized carbons (Fsp3) is 0.160. The van der Waals surface area contributed by atoms with Crippen molar-refractivity contribution in [2.24, 2.45) is 0 Å². The van der Waals surface area contributed by atoms with E-state index in [4.69, 9.17) is 4.98 Å². The topological polar surface area (TPSA) is 27.7 Å². The summed E-state index contributed by atoms with van der Waals surface area (Å²) < 4.78 is 6.85. The van der Waals surface area contributed by atoms with Crippen LogP contribution in [0.5, 0.6) is 0 Å². The van der Waals surface area contributed by atoms with Crippen molar-refractivity contribution in [2.45, 2.75) is 52.6 Å². The maximum atomic E-state index is 5.04. The minimum absolute atomic E-state index is 0. The largest absolute Gasteiger partial charge is 0.319 e. The van der Waals surface area contributed by atoms with Crippen LogP contribution in [0.15, 0.2) is 152 Å². The number of para-hydroxylation sites is 4. The molecule has 0 fully saturated rings. The number of pyridine rings is 1. The molecule has 0 atom stereocenters. The molecule has 0 bridgehead atoms. The Hall–Kier alpha value is -5.35. The van der Waals surface area contributed by atoms with Crippen molar-refractivity contribution in [1.82, 2.24) is 18.7 Å². The first-order valence-electron chi connectivity index (χ1n) is 19.4. The molecule has 0 aliphatic heterocycles. The molecule has 56 heavy (non-hydrogen) atoms. The maximum absolute atomic E-state index is 5.04. The minimum atomic E-state index is -2.30. The molecule has 0 unspecified atom stereocenters. The van der Waals surface area contributed by atoms with Crippen molar-refractivity contribution < 1.29 is 21.1 Å². The van der Waals surface area contributed by atoms with Gasteiger partial charge in [0.15, 0.2) is 17.4 Å². The zero-order chi connectivity index (χ0) is 37.8. The Labute approximate surface area is 345 Å². The van der Waals surface area contributed by atoms with E-state index in [0.29, 0.717) is 11.8 Å². The number of rotatable bonds is 8. The summed E-state index contributed by atoms with van der Waals surface area (Å²) in [5.41, 5.74) is 11.9. The van der Waals surface area contributed by atoms with E-state index in [1.54, 1.807) is 0 Å². The second-order valence-electron chi connectivity index (χ2n) is 15.8. The second kappa shape index (κ2) is 15.0. The van der Waals surface area contributed by atoms with Crippen LogP contribution >= 0.6 is 0 Å². The fourth-order valence-electron chi connectivity index (χ4n) is 8.28. The fourth-order valence-corrected chi connectivity index (χ4v) is 10.5. The average Bonchev–Trinajstić information content (AvgIpc) is 3.77. The van der Waals surface area contributed by atoms with Gasteiger partial charge in [0.05, 0.1) is 8.07 Å². The third kappa shape index (κ3) is 6.37. The molecular weight excluding hydrogens is 880 g/mol. The van der Waals surface area contributed by atoms with E-state index in [-0.39, 0.29) is 21.1 Å². The standard InChI is InChI=1S/C50H45N4Si.Pt/c1-34(2)41-21-15-22-42(35(3)4)50(41)36-28-29-51-49(30-36)54-45-23-11-10-20-43(45)44-27-26-40(32-48(44)54)55(5,6)39-19-14-18-38(31-39)53-33-52(37-16-8-7-9-17-37)46-24-12-13-25-47(46)53;/h7-30,33-35H,1-6H3;/q-1;. The van der Waals surface area contributed by atoms with Crippen LogP contribution in [0.25, 0.3) is 61.2 Å². The van der Waals surface area contributed by atoms with Gasteiger partial charge in [-0.25, -0.2) is 9.55 Å². The van der Waals surface area contributed by atoms with Crippen LogP contribution in [0, 0.1) is 12.1 Å². The van der Waals surface area contributed by atoms with Crippen LogP contribution in [0.1, 0.15) is 50.7 Å². The summed E-state index contributed by atoms with van der Waals surface area (Å²) in [5, 5.41) is 4.86. The smallest absolute Gasteiger partial charge is 0.168 e. The van der Waals surface area contributed by atoms with Crippen molar-refractivity contribution in [2.75, 3.05) is 0 Å². The van der Waals surface area contributed by atoms with Crippen LogP contribution < -0.4 is 10.4 Å². The molecule has 0 saturated carbocycles. The molecule has 0 radical (unpaired) electrons. The van der Waals surface area contributed by atoms with Crippen molar-refractivity contribution in [3.05, 3.63) is 175 Å². The third-order valence-electron chi connectivity index (χ3n) is 11.3. The van der Waals surface area contributed by atoms with E-state index < -0.39 is 8.07 Å². The van der Waals surface area contributed by atoms with Gasteiger partial charge < -0.3 is 4.57 Å². The molecule has 6 aromatic carbocycles. The predicted octanol–water partition coefficient (Wildman–Crippen LogP) is 11.5. The maximum Gasteiger partial charge on any atom is 0.168 e. The van der Waals surface area contributed by atoms with Gasteiger partial charge >= 0.3 is 0 Å². The van der Waals surface area contributed by atoms with Crippen LogP contribution in [-0.2, 0) is 21.1 Å². The SMILES string of the molecule is CC(C)c1cccc(C(C)C)c1-c1ccnc(-n2c3[c-]c([Si](C)(C)c4[c-]c(-n5[cH+]n(-c6ccccc6)c6ccccc65)ccc4)ccc3c3ccccc32)c1.[Pt]. The zero-order valence-electron chi connectivity index (χ0n) is 32.7. The van der Waals surface area contributed by atoms with Gasteiger partial charge in [0.1, 0.15) is 11.5 Å². The molecule has 0 N–H and O–H groups in total. The second-order valence-corrected chi connectivity index (χ2v) is 20.1. The summed E-state index contributed by atoms with van der Waals surface area (Å²) in [6.45, 7) is 14.0. The van der Waals surface area contributed by atoms with Gasteiger partial charge in [0.2, 0.25) is 0 Å². The minimum Gasteiger partial charge on any atom is -0.319 e. The quantitative estimate of drug-likeness (QED) is 0.110. The summed E-state index contributed by atoms with van der Waals surface area (Å²) in [7, 11) is -2.30. The molecular formula is C50H45N4PtSi-. The summed E-state index contributed by atoms with van der Waals surface area (Å²) in [6.07, 6.45) is 4.16.